The van der Waals surface area contributed by atoms with E-state index in [4.69, 9.17) is 0 Å². The van der Waals surface area contributed by atoms with E-state index in [0.29, 0.717) is 11.5 Å². The van der Waals surface area contributed by atoms with Gasteiger partial charge in [-0.2, -0.15) is 0 Å². The van der Waals surface area contributed by atoms with Gasteiger partial charge in [-0.15, -0.1) is 6.58 Å². The third kappa shape index (κ3) is 6.52. The van der Waals surface area contributed by atoms with Crippen molar-refractivity contribution in [2.45, 2.75) is 77.0 Å². The first-order valence-electron chi connectivity index (χ1n) is 13.4. The van der Waals surface area contributed by atoms with Crippen molar-refractivity contribution in [3.8, 4) is 11.8 Å². The molecule has 2 aromatic carbocycles. The minimum absolute atomic E-state index is 0.121. The molecule has 2 fully saturated rings. The summed E-state index contributed by atoms with van der Waals surface area (Å²) in [5.41, 5.74) is 2.70. The van der Waals surface area contributed by atoms with Gasteiger partial charge in [0, 0.05) is 5.56 Å². The summed E-state index contributed by atoms with van der Waals surface area (Å²) in [6, 6.07) is 11.4. The Morgan fingerprint density at radius 1 is 0.886 bits per heavy atom. The molecule has 0 N–H and O–H groups in total. The van der Waals surface area contributed by atoms with E-state index in [2.05, 4.69) is 37.5 Å². The van der Waals surface area contributed by atoms with Crippen LogP contribution in [0.4, 0.5) is 8.78 Å². The first-order chi connectivity index (χ1) is 17.1. The highest BCUT2D eigenvalue weighted by atomic mass is 19.2. The Bertz CT molecular complexity index is 1080. The summed E-state index contributed by atoms with van der Waals surface area (Å²) >= 11 is 0. The van der Waals surface area contributed by atoms with Crippen molar-refractivity contribution in [1.29, 1.82) is 0 Å². The molecule has 4 atom stereocenters. The van der Waals surface area contributed by atoms with Gasteiger partial charge in [-0.1, -0.05) is 54.7 Å². The average molecular weight is 473 g/mol. The molecule has 0 aromatic heterocycles. The fraction of sp³-hybridized carbons (Fsp3) is 0.455. The second-order valence-corrected chi connectivity index (χ2v) is 10.5. The van der Waals surface area contributed by atoms with Gasteiger partial charge in [0.05, 0.1) is 5.56 Å². The second-order valence-electron chi connectivity index (χ2n) is 10.5. The van der Waals surface area contributed by atoms with Gasteiger partial charge in [-0.25, -0.2) is 8.78 Å². The van der Waals surface area contributed by atoms with E-state index in [1.54, 1.807) is 12.1 Å². The van der Waals surface area contributed by atoms with E-state index in [1.807, 2.05) is 30.3 Å². The molecule has 2 aliphatic rings. The summed E-state index contributed by atoms with van der Waals surface area (Å²) in [6.07, 6.45) is 17.6. The Labute approximate surface area is 210 Å². The van der Waals surface area contributed by atoms with Crippen molar-refractivity contribution in [1.82, 2.24) is 0 Å². The van der Waals surface area contributed by atoms with Gasteiger partial charge < -0.3 is 0 Å². The van der Waals surface area contributed by atoms with Crippen LogP contribution >= 0.6 is 0 Å². The number of halogens is 2. The smallest absolute Gasteiger partial charge is 0.174 e. The van der Waals surface area contributed by atoms with Crippen LogP contribution in [0.2, 0.25) is 0 Å². The number of hydrogen-bond acceptors (Lipinski definition) is 0. The zero-order valence-electron chi connectivity index (χ0n) is 21.0. The fourth-order valence-corrected chi connectivity index (χ4v) is 6.17. The van der Waals surface area contributed by atoms with Crippen molar-refractivity contribution >= 4 is 0 Å². The predicted molar refractivity (Wildman–Crippen MR) is 142 cm³/mol. The third-order valence-electron chi connectivity index (χ3n) is 8.18. The molecule has 0 heterocycles. The SMILES string of the molecule is C=CCCc1ccc(C#Cc2ccc(C3CCC4CC(CC/C=C/C)CCC4C3)c(F)c2F)cc1. The first-order valence-corrected chi connectivity index (χ1v) is 13.4. The maximum absolute atomic E-state index is 15.1. The van der Waals surface area contributed by atoms with Crippen LogP contribution in [0.15, 0.2) is 61.2 Å². The molecular formula is C33H38F2. The summed E-state index contributed by atoms with van der Waals surface area (Å²) in [5, 5.41) is 0. The van der Waals surface area contributed by atoms with Crippen molar-refractivity contribution < 1.29 is 8.78 Å². The summed E-state index contributed by atoms with van der Waals surface area (Å²) in [6.45, 7) is 5.84. The number of hydrogen-bond donors (Lipinski definition) is 0. The number of benzene rings is 2. The van der Waals surface area contributed by atoms with Crippen LogP contribution in [-0.4, -0.2) is 0 Å². The predicted octanol–water partition coefficient (Wildman–Crippen LogP) is 9.14. The summed E-state index contributed by atoms with van der Waals surface area (Å²) < 4.78 is 30.1. The Morgan fingerprint density at radius 3 is 2.43 bits per heavy atom. The molecule has 0 radical (unpaired) electrons. The summed E-state index contributed by atoms with van der Waals surface area (Å²) in [7, 11) is 0. The maximum Gasteiger partial charge on any atom is 0.174 e. The largest absolute Gasteiger partial charge is 0.203 e. The average Bonchev–Trinajstić information content (AvgIpc) is 2.89. The van der Waals surface area contributed by atoms with Crippen LogP contribution in [0, 0.1) is 41.2 Å². The Hall–Kier alpha value is -2.66. The van der Waals surface area contributed by atoms with Gasteiger partial charge in [-0.05, 0) is 118 Å². The molecule has 0 bridgehead atoms. The van der Waals surface area contributed by atoms with Gasteiger partial charge in [0.25, 0.3) is 0 Å². The van der Waals surface area contributed by atoms with E-state index >= 15 is 4.39 Å². The molecule has 2 aromatic rings. The number of aryl methyl sites for hydroxylation is 1. The van der Waals surface area contributed by atoms with Crippen LogP contribution < -0.4 is 0 Å². The van der Waals surface area contributed by atoms with Crippen molar-refractivity contribution in [3.05, 3.63) is 95.1 Å². The van der Waals surface area contributed by atoms with Crippen LogP contribution in [0.25, 0.3) is 0 Å². The molecule has 35 heavy (non-hydrogen) atoms. The molecule has 2 heteroatoms. The quantitative estimate of drug-likeness (QED) is 0.278. The minimum atomic E-state index is -0.799. The monoisotopic (exact) mass is 472 g/mol. The Kier molecular flexibility index (Phi) is 8.97. The highest BCUT2D eigenvalue weighted by Crippen LogP contribution is 2.48. The lowest BCUT2D eigenvalue weighted by Gasteiger charge is -2.42. The highest BCUT2D eigenvalue weighted by molar-refractivity contribution is 5.45. The molecule has 0 saturated heterocycles. The lowest BCUT2D eigenvalue weighted by Crippen LogP contribution is -2.30. The Morgan fingerprint density at radius 2 is 1.66 bits per heavy atom. The highest BCUT2D eigenvalue weighted by Gasteiger charge is 2.36. The molecule has 4 unspecified atom stereocenters. The number of allylic oxidation sites excluding steroid dienone is 3. The van der Waals surface area contributed by atoms with E-state index in [1.165, 1.54) is 37.7 Å². The van der Waals surface area contributed by atoms with E-state index < -0.39 is 11.6 Å². The molecule has 4 rings (SSSR count). The molecule has 2 aliphatic carbocycles. The van der Waals surface area contributed by atoms with Crippen molar-refractivity contribution in [2.75, 3.05) is 0 Å². The molecule has 0 amide bonds. The van der Waals surface area contributed by atoms with Gasteiger partial charge in [0.15, 0.2) is 11.6 Å². The van der Waals surface area contributed by atoms with E-state index in [-0.39, 0.29) is 11.5 Å². The maximum atomic E-state index is 15.1. The lowest BCUT2D eigenvalue weighted by atomic mass is 9.63. The third-order valence-corrected chi connectivity index (χ3v) is 8.18. The van der Waals surface area contributed by atoms with Gasteiger partial charge in [0.1, 0.15) is 0 Å². The van der Waals surface area contributed by atoms with Crippen molar-refractivity contribution in [3.63, 3.8) is 0 Å². The van der Waals surface area contributed by atoms with E-state index in [0.717, 1.165) is 49.5 Å². The van der Waals surface area contributed by atoms with Crippen LogP contribution in [-0.2, 0) is 6.42 Å². The molecular weight excluding hydrogens is 434 g/mol. The second kappa shape index (κ2) is 12.3. The summed E-state index contributed by atoms with van der Waals surface area (Å²) in [4.78, 5) is 0. The number of fused-ring (bicyclic) bond motifs is 1. The molecule has 2 saturated carbocycles. The zero-order chi connectivity index (χ0) is 24.6. The van der Waals surface area contributed by atoms with Crippen LogP contribution in [0.3, 0.4) is 0 Å². The zero-order valence-corrected chi connectivity index (χ0v) is 21.0. The minimum Gasteiger partial charge on any atom is -0.203 e. The molecule has 184 valence electrons. The van der Waals surface area contributed by atoms with Crippen LogP contribution in [0.1, 0.15) is 92.9 Å². The molecule has 0 aliphatic heterocycles. The van der Waals surface area contributed by atoms with Gasteiger partial charge >= 0.3 is 0 Å². The van der Waals surface area contributed by atoms with Gasteiger partial charge in [-0.3, -0.25) is 0 Å². The van der Waals surface area contributed by atoms with Gasteiger partial charge in [0.2, 0.25) is 0 Å². The lowest BCUT2D eigenvalue weighted by molar-refractivity contribution is 0.114. The topological polar surface area (TPSA) is 0 Å². The molecule has 0 nitrogen and oxygen atoms in total. The normalized spacial score (nSPS) is 24.0. The standard InChI is InChI=1S/C33H38F2/c1-3-5-7-9-26-15-17-29-23-30(19-18-28(29)22-26)31-21-20-27(32(34)33(31)35)16-14-25-12-10-24(11-13-25)8-6-4-2/h3-5,10-13,20-21,26,28-30H,2,6-9,15,17-19,22-23H2,1H3/b5-3+. The Balaban J connectivity index is 1.39. The number of rotatable bonds is 7. The summed E-state index contributed by atoms with van der Waals surface area (Å²) in [5.74, 6) is 6.71. The fourth-order valence-electron chi connectivity index (χ4n) is 6.17. The first kappa shape index (κ1) is 25.4. The molecule has 0 spiro atoms. The van der Waals surface area contributed by atoms with Crippen molar-refractivity contribution in [2.24, 2.45) is 17.8 Å². The van der Waals surface area contributed by atoms with Crippen LogP contribution in [0.5, 0.6) is 0 Å². The van der Waals surface area contributed by atoms with E-state index in [9.17, 15) is 4.39 Å².